The minimum absolute atomic E-state index is 0.451. The second-order valence-electron chi connectivity index (χ2n) is 5.04. The summed E-state index contributed by atoms with van der Waals surface area (Å²) in [6, 6.07) is 16.6. The lowest BCUT2D eigenvalue weighted by molar-refractivity contribution is 0.413. The molecule has 0 saturated carbocycles. The number of hydrogen-bond acceptors (Lipinski definition) is 6. The van der Waals surface area contributed by atoms with Crippen LogP contribution in [0.1, 0.15) is 5.56 Å². The minimum Gasteiger partial charge on any atom is -0.495 e. The molecule has 0 radical (unpaired) electrons. The number of rotatable bonds is 4. The highest BCUT2D eigenvalue weighted by Crippen LogP contribution is 2.26. The molecule has 2 aromatic carbocycles. The highest BCUT2D eigenvalue weighted by atomic mass is 16.5. The molecule has 3 N–H and O–H groups in total. The third-order valence-electron chi connectivity index (χ3n) is 3.41. The van der Waals surface area contributed by atoms with E-state index in [2.05, 4.69) is 21.4 Å². The van der Waals surface area contributed by atoms with E-state index >= 15 is 0 Å². The summed E-state index contributed by atoms with van der Waals surface area (Å²) in [6.45, 7) is 0. The van der Waals surface area contributed by atoms with Gasteiger partial charge in [0.25, 0.3) is 0 Å². The van der Waals surface area contributed by atoms with E-state index in [1.807, 2.05) is 24.3 Å². The van der Waals surface area contributed by atoms with Crippen molar-refractivity contribution < 1.29 is 4.74 Å². The first kappa shape index (κ1) is 15.3. The van der Waals surface area contributed by atoms with Gasteiger partial charge in [0.1, 0.15) is 11.8 Å². The van der Waals surface area contributed by atoms with Crippen molar-refractivity contribution in [2.75, 3.05) is 18.2 Å². The van der Waals surface area contributed by atoms with Gasteiger partial charge in [0, 0.05) is 23.1 Å². The zero-order chi connectivity index (χ0) is 16.9. The second kappa shape index (κ2) is 6.67. The fraction of sp³-hybridized carbons (Fsp3) is 0.0556. The molecule has 3 rings (SSSR count). The molecule has 1 heterocycles. The van der Waals surface area contributed by atoms with Crippen LogP contribution in [0.5, 0.6) is 5.75 Å². The number of nitrogens with two attached hydrogens (primary N) is 1. The lowest BCUT2D eigenvalue weighted by Crippen LogP contribution is -1.98. The van der Waals surface area contributed by atoms with Gasteiger partial charge in [0.15, 0.2) is 0 Å². The number of ether oxygens (including phenoxy) is 1. The van der Waals surface area contributed by atoms with Gasteiger partial charge in [-0.2, -0.15) is 5.26 Å². The van der Waals surface area contributed by atoms with E-state index in [-0.39, 0.29) is 0 Å². The molecule has 0 fully saturated rings. The van der Waals surface area contributed by atoms with Gasteiger partial charge in [-0.1, -0.05) is 6.07 Å². The van der Waals surface area contributed by atoms with E-state index < -0.39 is 0 Å². The highest BCUT2D eigenvalue weighted by Gasteiger charge is 2.08. The van der Waals surface area contributed by atoms with Gasteiger partial charge in [-0.3, -0.25) is 0 Å². The first-order valence-corrected chi connectivity index (χ1v) is 7.24. The summed E-state index contributed by atoms with van der Waals surface area (Å²) in [6.07, 6.45) is 1.66. The molecular weight excluding hydrogens is 302 g/mol. The number of hydrogen-bond donors (Lipinski definition) is 2. The zero-order valence-electron chi connectivity index (χ0n) is 13.0. The van der Waals surface area contributed by atoms with Crippen LogP contribution in [-0.4, -0.2) is 17.1 Å². The first-order valence-electron chi connectivity index (χ1n) is 7.24. The summed E-state index contributed by atoms with van der Waals surface area (Å²) in [5, 5.41) is 12.3. The first-order chi connectivity index (χ1) is 11.7. The number of methoxy groups -OCH3 is 1. The third-order valence-corrected chi connectivity index (χ3v) is 3.41. The molecule has 3 aromatic rings. The number of nitriles is 1. The Labute approximate surface area is 139 Å². The van der Waals surface area contributed by atoms with Crippen molar-refractivity contribution in [1.82, 2.24) is 9.97 Å². The Balaban J connectivity index is 1.92. The molecule has 0 bridgehead atoms. The van der Waals surface area contributed by atoms with Crippen LogP contribution in [0.2, 0.25) is 0 Å². The van der Waals surface area contributed by atoms with Crippen LogP contribution in [0.15, 0.2) is 54.7 Å². The van der Waals surface area contributed by atoms with Crippen molar-refractivity contribution >= 4 is 17.3 Å². The van der Waals surface area contributed by atoms with E-state index in [1.54, 1.807) is 30.5 Å². The van der Waals surface area contributed by atoms with Crippen LogP contribution >= 0.6 is 0 Å². The van der Waals surface area contributed by atoms with Crippen molar-refractivity contribution in [2.24, 2.45) is 0 Å². The van der Waals surface area contributed by atoms with E-state index in [9.17, 15) is 5.26 Å². The minimum atomic E-state index is 0.451. The van der Waals surface area contributed by atoms with Gasteiger partial charge in [-0.25, -0.2) is 9.97 Å². The lowest BCUT2D eigenvalue weighted by Gasteiger charge is -2.08. The Hall–Kier alpha value is -3.59. The Bertz CT molecular complexity index is 917. The van der Waals surface area contributed by atoms with Gasteiger partial charge >= 0.3 is 0 Å². The van der Waals surface area contributed by atoms with Crippen LogP contribution < -0.4 is 15.8 Å². The molecule has 6 heteroatoms. The van der Waals surface area contributed by atoms with Gasteiger partial charge < -0.3 is 15.8 Å². The number of aromatic nitrogens is 2. The number of benzene rings is 2. The summed E-state index contributed by atoms with van der Waals surface area (Å²) in [5.41, 5.74) is 9.20. The fourth-order valence-corrected chi connectivity index (χ4v) is 2.28. The lowest BCUT2D eigenvalue weighted by atomic mass is 10.1. The number of nitrogens with one attached hydrogen (secondary N) is 1. The van der Waals surface area contributed by atoms with Crippen molar-refractivity contribution in [2.45, 2.75) is 0 Å². The van der Waals surface area contributed by atoms with Crippen LogP contribution in [-0.2, 0) is 0 Å². The molecule has 0 aliphatic heterocycles. The molecule has 24 heavy (non-hydrogen) atoms. The third kappa shape index (κ3) is 3.25. The van der Waals surface area contributed by atoms with E-state index in [0.717, 1.165) is 11.3 Å². The molecular formula is C18H15N5O. The largest absolute Gasteiger partial charge is 0.495 e. The summed E-state index contributed by atoms with van der Waals surface area (Å²) >= 11 is 0. The monoisotopic (exact) mass is 317 g/mol. The van der Waals surface area contributed by atoms with Crippen LogP contribution in [0, 0.1) is 11.3 Å². The van der Waals surface area contributed by atoms with Gasteiger partial charge in [-0.15, -0.1) is 0 Å². The van der Waals surface area contributed by atoms with Crippen molar-refractivity contribution in [3.05, 3.63) is 60.3 Å². The van der Waals surface area contributed by atoms with E-state index in [4.69, 9.17) is 10.5 Å². The molecule has 0 spiro atoms. The fourth-order valence-electron chi connectivity index (χ4n) is 2.28. The molecule has 118 valence electrons. The molecule has 6 nitrogen and oxygen atoms in total. The quantitative estimate of drug-likeness (QED) is 0.716. The van der Waals surface area contributed by atoms with Crippen molar-refractivity contribution in [1.29, 1.82) is 5.26 Å². The Morgan fingerprint density at radius 3 is 2.79 bits per heavy atom. The maximum absolute atomic E-state index is 9.21. The number of anilines is 3. The summed E-state index contributed by atoms with van der Waals surface area (Å²) in [5.74, 6) is 0.987. The molecule has 0 unspecified atom stereocenters. The van der Waals surface area contributed by atoms with Crippen LogP contribution in [0.3, 0.4) is 0 Å². The molecule has 0 saturated heterocycles. The Kier molecular flexibility index (Phi) is 4.25. The normalized spacial score (nSPS) is 10.0. The maximum atomic E-state index is 9.21. The summed E-state index contributed by atoms with van der Waals surface area (Å²) in [4.78, 5) is 8.70. The highest BCUT2D eigenvalue weighted by molar-refractivity contribution is 5.66. The van der Waals surface area contributed by atoms with Crippen LogP contribution in [0.4, 0.5) is 17.3 Å². The summed E-state index contributed by atoms with van der Waals surface area (Å²) in [7, 11) is 1.54. The molecule has 0 atom stereocenters. The SMILES string of the molecule is COc1ccc(-c2ccnc(Nc3cccc(N)c3)n2)cc1C#N. The predicted molar refractivity (Wildman–Crippen MR) is 92.9 cm³/mol. The van der Waals surface area contributed by atoms with Gasteiger partial charge in [0.2, 0.25) is 5.95 Å². The average Bonchev–Trinajstić information content (AvgIpc) is 2.61. The smallest absolute Gasteiger partial charge is 0.227 e. The van der Waals surface area contributed by atoms with Crippen LogP contribution in [0.25, 0.3) is 11.3 Å². The standard InChI is InChI=1S/C18H15N5O/c1-24-17-6-5-12(9-13(17)11-19)16-7-8-21-18(23-16)22-15-4-2-3-14(20)10-15/h2-10H,20H2,1H3,(H,21,22,23). The Morgan fingerprint density at radius 2 is 2.04 bits per heavy atom. The van der Waals surface area contributed by atoms with E-state index in [0.29, 0.717) is 28.6 Å². The molecule has 0 amide bonds. The van der Waals surface area contributed by atoms with E-state index in [1.165, 1.54) is 7.11 Å². The van der Waals surface area contributed by atoms with Crippen molar-refractivity contribution in [3.8, 4) is 23.1 Å². The maximum Gasteiger partial charge on any atom is 0.227 e. The van der Waals surface area contributed by atoms with Gasteiger partial charge in [0.05, 0.1) is 18.4 Å². The van der Waals surface area contributed by atoms with Crippen molar-refractivity contribution in [3.63, 3.8) is 0 Å². The predicted octanol–water partition coefficient (Wildman–Crippen LogP) is 3.35. The number of nitrogens with zero attached hydrogens (tertiary/aromatic N) is 3. The molecule has 0 aliphatic rings. The van der Waals surface area contributed by atoms with Gasteiger partial charge in [-0.05, 0) is 42.5 Å². The average molecular weight is 317 g/mol. The zero-order valence-corrected chi connectivity index (χ0v) is 13.0. The Morgan fingerprint density at radius 1 is 1.17 bits per heavy atom. The second-order valence-corrected chi connectivity index (χ2v) is 5.04. The summed E-state index contributed by atoms with van der Waals surface area (Å²) < 4.78 is 5.16. The molecule has 0 aliphatic carbocycles. The molecule has 1 aromatic heterocycles. The topological polar surface area (TPSA) is 96.8 Å². The number of nitrogen functional groups attached to an aromatic ring is 1.